The molecule has 5 nitrogen and oxygen atoms in total. The highest BCUT2D eigenvalue weighted by Crippen LogP contribution is 2.28. The number of aromatic nitrogens is 3. The lowest BCUT2D eigenvalue weighted by atomic mass is 10.2. The summed E-state index contributed by atoms with van der Waals surface area (Å²) >= 11 is 7.47. The number of thioether (sulfide) groups is 1. The minimum atomic E-state index is -0.759. The number of hydrogen-bond donors (Lipinski definition) is 2. The lowest BCUT2D eigenvalue weighted by Crippen LogP contribution is -2.15. The molecule has 2 aromatic rings. The zero-order valence-electron chi connectivity index (χ0n) is 10.3. The summed E-state index contributed by atoms with van der Waals surface area (Å²) in [5.74, 6) is 1.04. The molecule has 0 aliphatic carbocycles. The van der Waals surface area contributed by atoms with Crippen LogP contribution in [0.3, 0.4) is 0 Å². The summed E-state index contributed by atoms with van der Waals surface area (Å²) in [6, 6.07) is 7.42. The molecule has 1 heterocycles. The van der Waals surface area contributed by atoms with Crippen molar-refractivity contribution >= 4 is 23.4 Å². The van der Waals surface area contributed by atoms with Gasteiger partial charge in [0.05, 0.1) is 17.7 Å². The van der Waals surface area contributed by atoms with Gasteiger partial charge in [0.25, 0.3) is 0 Å². The van der Waals surface area contributed by atoms with Crippen LogP contribution in [0.25, 0.3) is 11.4 Å². The average Bonchev–Trinajstić information content (AvgIpc) is 2.78. The third kappa shape index (κ3) is 3.27. The second-order valence-electron chi connectivity index (χ2n) is 3.99. The van der Waals surface area contributed by atoms with Gasteiger partial charge in [0.15, 0.2) is 11.0 Å². The Bertz CT molecular complexity index is 562. The van der Waals surface area contributed by atoms with Crippen molar-refractivity contribution < 1.29 is 10.2 Å². The SMILES string of the molecule is Cn1c(SCC(O)CO)nnc1-c1ccccc1Cl. The predicted octanol–water partition coefficient (Wildman–Crippen LogP) is 1.58. The molecule has 7 heteroatoms. The molecular weight excluding hydrogens is 286 g/mol. The molecule has 0 aliphatic rings. The third-order valence-electron chi connectivity index (χ3n) is 2.57. The van der Waals surface area contributed by atoms with Crippen LogP contribution in [0.5, 0.6) is 0 Å². The van der Waals surface area contributed by atoms with Crippen LogP contribution in [0.2, 0.25) is 5.02 Å². The summed E-state index contributed by atoms with van der Waals surface area (Å²) in [7, 11) is 1.84. The number of halogens is 1. The van der Waals surface area contributed by atoms with E-state index in [1.54, 1.807) is 6.07 Å². The quantitative estimate of drug-likeness (QED) is 0.820. The van der Waals surface area contributed by atoms with Gasteiger partial charge < -0.3 is 14.8 Å². The first-order valence-corrected chi connectivity index (χ1v) is 7.06. The largest absolute Gasteiger partial charge is 0.394 e. The van der Waals surface area contributed by atoms with Crippen molar-refractivity contribution in [2.75, 3.05) is 12.4 Å². The van der Waals surface area contributed by atoms with Gasteiger partial charge in [-0.15, -0.1) is 10.2 Å². The summed E-state index contributed by atoms with van der Waals surface area (Å²) in [6.45, 7) is -0.262. The molecule has 0 aliphatic heterocycles. The van der Waals surface area contributed by atoms with Gasteiger partial charge in [0, 0.05) is 18.4 Å². The number of rotatable bonds is 5. The molecule has 0 saturated carbocycles. The highest BCUT2D eigenvalue weighted by atomic mass is 35.5. The van der Waals surface area contributed by atoms with Crippen molar-refractivity contribution in [1.29, 1.82) is 0 Å². The molecule has 0 bridgehead atoms. The number of benzene rings is 1. The number of aliphatic hydroxyl groups excluding tert-OH is 2. The van der Waals surface area contributed by atoms with Gasteiger partial charge in [0.2, 0.25) is 0 Å². The normalized spacial score (nSPS) is 12.6. The van der Waals surface area contributed by atoms with E-state index in [2.05, 4.69) is 10.2 Å². The second kappa shape index (κ2) is 6.38. The summed E-state index contributed by atoms with van der Waals surface area (Å²) in [6.07, 6.45) is -0.759. The monoisotopic (exact) mass is 299 g/mol. The first-order valence-electron chi connectivity index (χ1n) is 5.69. The van der Waals surface area contributed by atoms with Gasteiger partial charge >= 0.3 is 0 Å². The van der Waals surface area contributed by atoms with E-state index in [4.69, 9.17) is 16.7 Å². The van der Waals surface area contributed by atoms with E-state index in [9.17, 15) is 5.11 Å². The molecule has 0 saturated heterocycles. The smallest absolute Gasteiger partial charge is 0.191 e. The molecule has 1 unspecified atom stereocenters. The number of hydrogen-bond acceptors (Lipinski definition) is 5. The summed E-state index contributed by atoms with van der Waals surface area (Å²) < 4.78 is 1.82. The molecule has 2 N–H and O–H groups in total. The van der Waals surface area contributed by atoms with Gasteiger partial charge in [-0.3, -0.25) is 0 Å². The fraction of sp³-hybridized carbons (Fsp3) is 0.333. The van der Waals surface area contributed by atoms with Crippen LogP contribution in [-0.4, -0.2) is 43.4 Å². The fourth-order valence-corrected chi connectivity index (χ4v) is 2.59. The van der Waals surface area contributed by atoms with E-state index in [1.807, 2.05) is 29.8 Å². The summed E-state index contributed by atoms with van der Waals surface area (Å²) in [5.41, 5.74) is 0.814. The summed E-state index contributed by atoms with van der Waals surface area (Å²) in [4.78, 5) is 0. The molecule has 0 amide bonds. The first kappa shape index (κ1) is 14.3. The predicted molar refractivity (Wildman–Crippen MR) is 75.3 cm³/mol. The van der Waals surface area contributed by atoms with Gasteiger partial charge in [0.1, 0.15) is 0 Å². The molecule has 102 valence electrons. The van der Waals surface area contributed by atoms with Crippen molar-refractivity contribution in [1.82, 2.24) is 14.8 Å². The third-order valence-corrected chi connectivity index (χ3v) is 4.06. The summed E-state index contributed by atoms with van der Waals surface area (Å²) in [5, 5.41) is 27.6. The fourth-order valence-electron chi connectivity index (χ4n) is 1.54. The van der Waals surface area contributed by atoms with E-state index in [1.165, 1.54) is 11.8 Å². The zero-order chi connectivity index (χ0) is 13.8. The second-order valence-corrected chi connectivity index (χ2v) is 5.39. The Labute approximate surface area is 120 Å². The highest BCUT2D eigenvalue weighted by Gasteiger charge is 2.14. The molecule has 1 aromatic heterocycles. The number of nitrogens with zero attached hydrogens (tertiary/aromatic N) is 3. The Hall–Kier alpha value is -1.08. The van der Waals surface area contributed by atoms with Crippen molar-refractivity contribution in [3.8, 4) is 11.4 Å². The van der Waals surface area contributed by atoms with E-state index < -0.39 is 6.10 Å². The Morgan fingerprint density at radius 3 is 2.79 bits per heavy atom. The van der Waals surface area contributed by atoms with Crippen molar-refractivity contribution in [3.05, 3.63) is 29.3 Å². The number of aliphatic hydroxyl groups is 2. The van der Waals surface area contributed by atoms with Gasteiger partial charge in [-0.05, 0) is 12.1 Å². The molecule has 1 atom stereocenters. The van der Waals surface area contributed by atoms with E-state index in [0.29, 0.717) is 21.8 Å². The maximum absolute atomic E-state index is 9.33. The minimum absolute atomic E-state index is 0.262. The van der Waals surface area contributed by atoms with Crippen LogP contribution in [0.15, 0.2) is 29.4 Å². The topological polar surface area (TPSA) is 71.2 Å². The Balaban J connectivity index is 2.21. The Morgan fingerprint density at radius 1 is 1.37 bits per heavy atom. The molecule has 1 aromatic carbocycles. The van der Waals surface area contributed by atoms with Crippen LogP contribution in [0, 0.1) is 0 Å². The highest BCUT2D eigenvalue weighted by molar-refractivity contribution is 7.99. The van der Waals surface area contributed by atoms with Gasteiger partial charge in [-0.25, -0.2) is 0 Å². The molecule has 0 radical (unpaired) electrons. The van der Waals surface area contributed by atoms with Crippen LogP contribution in [-0.2, 0) is 7.05 Å². The first-order chi connectivity index (χ1) is 9.13. The zero-order valence-corrected chi connectivity index (χ0v) is 11.9. The standard InChI is InChI=1S/C12H14ClN3O2S/c1-16-11(9-4-2-3-5-10(9)13)14-15-12(16)19-7-8(18)6-17/h2-5,8,17-18H,6-7H2,1H3. The van der Waals surface area contributed by atoms with Crippen LogP contribution in [0.1, 0.15) is 0 Å². The Kier molecular flexibility index (Phi) is 4.81. The van der Waals surface area contributed by atoms with Gasteiger partial charge in [-0.1, -0.05) is 35.5 Å². The molecular formula is C12H14ClN3O2S. The average molecular weight is 300 g/mol. The maximum atomic E-state index is 9.33. The van der Waals surface area contributed by atoms with E-state index in [0.717, 1.165) is 5.56 Å². The molecule has 2 rings (SSSR count). The van der Waals surface area contributed by atoms with Crippen LogP contribution >= 0.6 is 23.4 Å². The lowest BCUT2D eigenvalue weighted by molar-refractivity contribution is 0.113. The van der Waals surface area contributed by atoms with E-state index >= 15 is 0 Å². The van der Waals surface area contributed by atoms with Crippen molar-refractivity contribution in [3.63, 3.8) is 0 Å². The van der Waals surface area contributed by atoms with Gasteiger partial charge in [-0.2, -0.15) is 0 Å². The molecule has 0 spiro atoms. The molecule has 0 fully saturated rings. The maximum Gasteiger partial charge on any atom is 0.191 e. The molecule has 19 heavy (non-hydrogen) atoms. The van der Waals surface area contributed by atoms with Crippen LogP contribution < -0.4 is 0 Å². The van der Waals surface area contributed by atoms with Crippen LogP contribution in [0.4, 0.5) is 0 Å². The lowest BCUT2D eigenvalue weighted by Gasteiger charge is -2.07. The van der Waals surface area contributed by atoms with Crippen molar-refractivity contribution in [2.45, 2.75) is 11.3 Å². The van der Waals surface area contributed by atoms with Crippen molar-refractivity contribution in [2.24, 2.45) is 7.05 Å². The van der Waals surface area contributed by atoms with E-state index in [-0.39, 0.29) is 6.61 Å². The minimum Gasteiger partial charge on any atom is -0.394 e. The Morgan fingerprint density at radius 2 is 2.11 bits per heavy atom.